The van der Waals surface area contributed by atoms with Gasteiger partial charge in [0.15, 0.2) is 5.78 Å². The molecule has 1 aliphatic heterocycles. The Morgan fingerprint density at radius 1 is 1.35 bits per heavy atom. The number of carbonyl (C=O) groups is 2. The smallest absolute Gasteiger partial charge is 0.320 e. The molecule has 1 saturated heterocycles. The van der Waals surface area contributed by atoms with Crippen molar-refractivity contribution in [1.82, 2.24) is 4.90 Å². The van der Waals surface area contributed by atoms with Crippen molar-refractivity contribution >= 4 is 11.8 Å². The zero-order valence-corrected chi connectivity index (χ0v) is 12.3. The summed E-state index contributed by atoms with van der Waals surface area (Å²) in [7, 11) is 1.33. The van der Waals surface area contributed by atoms with Crippen molar-refractivity contribution in [3.8, 4) is 0 Å². The number of ether oxygens (including phenoxy) is 1. The number of piperidine rings is 1. The van der Waals surface area contributed by atoms with E-state index in [9.17, 15) is 9.59 Å². The lowest BCUT2D eigenvalue weighted by Gasteiger charge is -2.40. The molecule has 4 nitrogen and oxygen atoms in total. The first-order chi connectivity index (χ1) is 9.49. The minimum Gasteiger partial charge on any atom is -0.468 e. The van der Waals surface area contributed by atoms with Crippen LogP contribution < -0.4 is 0 Å². The molecule has 1 fully saturated rings. The van der Waals surface area contributed by atoms with Crippen molar-refractivity contribution in [2.45, 2.75) is 26.3 Å². The second kappa shape index (κ2) is 5.75. The Balaban J connectivity index is 2.19. The van der Waals surface area contributed by atoms with E-state index in [1.54, 1.807) is 6.92 Å². The third-order valence-electron chi connectivity index (χ3n) is 4.23. The number of hydrogen-bond donors (Lipinski definition) is 0. The van der Waals surface area contributed by atoms with Crippen LogP contribution in [0.25, 0.3) is 0 Å². The Morgan fingerprint density at radius 3 is 2.60 bits per heavy atom. The summed E-state index contributed by atoms with van der Waals surface area (Å²) in [6.07, 6.45) is 0.392. The summed E-state index contributed by atoms with van der Waals surface area (Å²) >= 11 is 0. The molecule has 4 heteroatoms. The second-order valence-corrected chi connectivity index (χ2v) is 5.55. The normalized spacial score (nSPS) is 25.2. The number of carbonyl (C=O) groups excluding carboxylic acids is 2. The molecular formula is C16H21NO3. The minimum absolute atomic E-state index is 0.0270. The molecule has 0 unspecified atom stereocenters. The van der Waals surface area contributed by atoms with Crippen LogP contribution in [-0.4, -0.2) is 36.9 Å². The maximum absolute atomic E-state index is 12.1. The van der Waals surface area contributed by atoms with E-state index in [2.05, 4.69) is 24.0 Å². The average molecular weight is 275 g/mol. The van der Waals surface area contributed by atoms with Crippen LogP contribution in [0.15, 0.2) is 30.3 Å². The fourth-order valence-electron chi connectivity index (χ4n) is 2.77. The summed E-state index contributed by atoms with van der Waals surface area (Å²) < 4.78 is 4.81. The summed E-state index contributed by atoms with van der Waals surface area (Å²) in [5.74, 6) is -0.465. The maximum Gasteiger partial charge on any atom is 0.320 e. The van der Waals surface area contributed by atoms with Crippen LogP contribution >= 0.6 is 0 Å². The van der Waals surface area contributed by atoms with Crippen molar-refractivity contribution in [3.05, 3.63) is 35.9 Å². The first kappa shape index (κ1) is 14.7. The van der Waals surface area contributed by atoms with E-state index in [0.717, 1.165) is 0 Å². The topological polar surface area (TPSA) is 46.6 Å². The number of esters is 1. The SMILES string of the molecule is COC(=O)[C@]1(C)CN([C@H](C)c2ccccc2)CCC1=O. The number of benzene rings is 1. The van der Waals surface area contributed by atoms with Crippen molar-refractivity contribution in [2.24, 2.45) is 5.41 Å². The Bertz CT molecular complexity index is 490. The number of likely N-dealkylation sites (tertiary alicyclic amines) is 1. The van der Waals surface area contributed by atoms with E-state index in [1.165, 1.54) is 12.7 Å². The molecule has 0 aliphatic carbocycles. The van der Waals surface area contributed by atoms with E-state index >= 15 is 0 Å². The number of rotatable bonds is 3. The molecule has 0 N–H and O–H groups in total. The van der Waals surface area contributed by atoms with Crippen LogP contribution in [0, 0.1) is 5.41 Å². The van der Waals surface area contributed by atoms with Crippen molar-refractivity contribution in [3.63, 3.8) is 0 Å². The Morgan fingerprint density at radius 2 is 2.00 bits per heavy atom. The Labute approximate surface area is 119 Å². The zero-order valence-electron chi connectivity index (χ0n) is 12.3. The lowest BCUT2D eigenvalue weighted by atomic mass is 9.80. The van der Waals surface area contributed by atoms with Crippen LogP contribution in [0.3, 0.4) is 0 Å². The Hall–Kier alpha value is -1.68. The first-order valence-corrected chi connectivity index (χ1v) is 6.90. The van der Waals surface area contributed by atoms with Gasteiger partial charge in [0.05, 0.1) is 7.11 Å². The molecule has 1 heterocycles. The second-order valence-electron chi connectivity index (χ2n) is 5.55. The van der Waals surface area contributed by atoms with Gasteiger partial charge >= 0.3 is 5.97 Å². The average Bonchev–Trinajstić information content (AvgIpc) is 2.49. The lowest BCUT2D eigenvalue weighted by molar-refractivity contribution is -0.161. The van der Waals surface area contributed by atoms with Crippen molar-refractivity contribution in [2.75, 3.05) is 20.2 Å². The molecule has 0 amide bonds. The first-order valence-electron chi connectivity index (χ1n) is 6.90. The summed E-state index contributed by atoms with van der Waals surface area (Å²) in [6.45, 7) is 4.88. The van der Waals surface area contributed by atoms with Crippen LogP contribution in [0.4, 0.5) is 0 Å². The molecule has 2 atom stereocenters. The third-order valence-corrected chi connectivity index (χ3v) is 4.23. The molecule has 1 aromatic carbocycles. The van der Waals surface area contributed by atoms with Crippen LogP contribution in [0.5, 0.6) is 0 Å². The predicted octanol–water partition coefficient (Wildman–Crippen LogP) is 2.20. The van der Waals surface area contributed by atoms with E-state index < -0.39 is 11.4 Å². The molecule has 2 rings (SSSR count). The molecule has 0 radical (unpaired) electrons. The van der Waals surface area contributed by atoms with Gasteiger partial charge in [-0.05, 0) is 19.4 Å². The van der Waals surface area contributed by atoms with Gasteiger partial charge in [-0.15, -0.1) is 0 Å². The molecule has 1 aliphatic rings. The molecule has 108 valence electrons. The quantitative estimate of drug-likeness (QED) is 0.627. The third kappa shape index (κ3) is 2.61. The highest BCUT2D eigenvalue weighted by Crippen LogP contribution is 2.32. The molecule has 0 bridgehead atoms. The van der Waals surface area contributed by atoms with E-state index in [-0.39, 0.29) is 11.8 Å². The van der Waals surface area contributed by atoms with Gasteiger partial charge in [0.2, 0.25) is 0 Å². The number of Topliss-reactive ketones (excluding diaryl/α,β-unsaturated/α-hetero) is 1. The standard InChI is InChI=1S/C16H21NO3/c1-12(13-7-5-4-6-8-13)17-10-9-14(18)16(2,11-17)15(19)20-3/h4-8,12H,9-11H2,1-3H3/t12-,16-/m1/s1. The summed E-state index contributed by atoms with van der Waals surface area (Å²) in [5.41, 5.74) is 0.143. The summed E-state index contributed by atoms with van der Waals surface area (Å²) in [5, 5.41) is 0. The molecule has 0 spiro atoms. The van der Waals surface area contributed by atoms with Crippen LogP contribution in [0.2, 0.25) is 0 Å². The number of hydrogen-bond acceptors (Lipinski definition) is 4. The highest BCUT2D eigenvalue weighted by Gasteiger charge is 2.46. The highest BCUT2D eigenvalue weighted by atomic mass is 16.5. The predicted molar refractivity (Wildman–Crippen MR) is 76.2 cm³/mol. The van der Waals surface area contributed by atoms with Gasteiger partial charge in [0, 0.05) is 25.6 Å². The molecule has 1 aromatic rings. The van der Waals surface area contributed by atoms with Gasteiger partial charge in [-0.25, -0.2) is 0 Å². The number of methoxy groups -OCH3 is 1. The lowest BCUT2D eigenvalue weighted by Crippen LogP contribution is -2.52. The fraction of sp³-hybridized carbons (Fsp3) is 0.500. The summed E-state index contributed by atoms with van der Waals surface area (Å²) in [4.78, 5) is 26.2. The van der Waals surface area contributed by atoms with Crippen molar-refractivity contribution < 1.29 is 14.3 Å². The van der Waals surface area contributed by atoms with E-state index in [0.29, 0.717) is 19.5 Å². The molecular weight excluding hydrogens is 254 g/mol. The molecule has 0 saturated carbocycles. The number of nitrogens with zero attached hydrogens (tertiary/aromatic N) is 1. The maximum atomic E-state index is 12.1. The van der Waals surface area contributed by atoms with Gasteiger partial charge in [0.1, 0.15) is 5.41 Å². The van der Waals surface area contributed by atoms with Crippen molar-refractivity contribution in [1.29, 1.82) is 0 Å². The highest BCUT2D eigenvalue weighted by molar-refractivity contribution is 6.04. The molecule has 0 aromatic heterocycles. The minimum atomic E-state index is -1.05. The fourth-order valence-corrected chi connectivity index (χ4v) is 2.77. The molecule has 20 heavy (non-hydrogen) atoms. The van der Waals surface area contributed by atoms with Gasteiger partial charge in [-0.2, -0.15) is 0 Å². The number of ketones is 1. The largest absolute Gasteiger partial charge is 0.468 e. The Kier molecular flexibility index (Phi) is 4.23. The van der Waals surface area contributed by atoms with Gasteiger partial charge in [-0.1, -0.05) is 30.3 Å². The van der Waals surface area contributed by atoms with Gasteiger partial charge in [0.25, 0.3) is 0 Å². The zero-order chi connectivity index (χ0) is 14.8. The van der Waals surface area contributed by atoms with E-state index in [4.69, 9.17) is 4.74 Å². The van der Waals surface area contributed by atoms with Crippen LogP contribution in [-0.2, 0) is 14.3 Å². The van der Waals surface area contributed by atoms with Gasteiger partial charge in [-0.3, -0.25) is 14.5 Å². The van der Waals surface area contributed by atoms with Crippen LogP contribution in [0.1, 0.15) is 31.9 Å². The van der Waals surface area contributed by atoms with E-state index in [1.807, 2.05) is 18.2 Å². The monoisotopic (exact) mass is 275 g/mol. The van der Waals surface area contributed by atoms with Gasteiger partial charge < -0.3 is 4.74 Å². The summed E-state index contributed by atoms with van der Waals surface area (Å²) in [6, 6.07) is 10.3.